The van der Waals surface area contributed by atoms with Crippen LogP contribution < -0.4 is 15.0 Å². The number of anilines is 2. The van der Waals surface area contributed by atoms with Crippen molar-refractivity contribution in [1.29, 1.82) is 0 Å². The number of nitrogens with one attached hydrogen (secondary N) is 1. The van der Waals surface area contributed by atoms with Gasteiger partial charge >= 0.3 is 5.97 Å². The van der Waals surface area contributed by atoms with Crippen molar-refractivity contribution in [2.75, 3.05) is 23.4 Å². The maximum atomic E-state index is 12.4. The molecule has 8 nitrogen and oxygen atoms in total. The molecule has 0 spiro atoms. The summed E-state index contributed by atoms with van der Waals surface area (Å²) in [5.74, 6) is -1.91. The number of nitrogens with zero attached hydrogens (tertiary/aromatic N) is 1. The highest BCUT2D eigenvalue weighted by molar-refractivity contribution is 6.06. The van der Waals surface area contributed by atoms with Crippen molar-refractivity contribution in [3.05, 3.63) is 53.6 Å². The van der Waals surface area contributed by atoms with Crippen molar-refractivity contribution in [3.8, 4) is 5.75 Å². The van der Waals surface area contributed by atoms with Crippen LogP contribution in [0.2, 0.25) is 0 Å². The van der Waals surface area contributed by atoms with Crippen LogP contribution in [0.15, 0.2) is 42.5 Å². The Morgan fingerprint density at radius 2 is 1.93 bits per heavy atom. The average molecular weight is 368 g/mol. The number of carboxylic acid groups (broad SMARTS) is 1. The zero-order valence-corrected chi connectivity index (χ0v) is 14.4. The molecule has 0 unspecified atom stereocenters. The molecule has 0 saturated heterocycles. The van der Waals surface area contributed by atoms with Crippen molar-refractivity contribution in [3.63, 3.8) is 0 Å². The summed E-state index contributed by atoms with van der Waals surface area (Å²) in [5.41, 5.74) is 1.07. The molecule has 0 radical (unpaired) electrons. The molecule has 0 bridgehead atoms. The molecule has 138 valence electrons. The minimum Gasteiger partial charge on any atom is -0.482 e. The summed E-state index contributed by atoms with van der Waals surface area (Å²) in [7, 11) is 0. The molecule has 2 amide bonds. The Kier molecular flexibility index (Phi) is 4.89. The molecule has 1 aliphatic rings. The zero-order chi connectivity index (χ0) is 19.6. The molecule has 0 fully saturated rings. The highest BCUT2D eigenvalue weighted by Crippen LogP contribution is 2.33. The Morgan fingerprint density at radius 1 is 1.15 bits per heavy atom. The van der Waals surface area contributed by atoms with Gasteiger partial charge in [-0.05, 0) is 37.3 Å². The van der Waals surface area contributed by atoms with Crippen molar-refractivity contribution in [2.24, 2.45) is 0 Å². The number of fused-ring (bicyclic) bond motifs is 1. The summed E-state index contributed by atoms with van der Waals surface area (Å²) >= 11 is 0. The fourth-order valence-corrected chi connectivity index (χ4v) is 2.67. The lowest BCUT2D eigenvalue weighted by Gasteiger charge is -2.29. The van der Waals surface area contributed by atoms with Gasteiger partial charge in [-0.25, -0.2) is 4.79 Å². The number of aromatic carboxylic acids is 1. The summed E-state index contributed by atoms with van der Waals surface area (Å²) in [4.78, 5) is 48.4. The molecular formula is C19H16N2O6. The van der Waals surface area contributed by atoms with Crippen LogP contribution in [-0.4, -0.2) is 41.8 Å². The molecule has 2 aromatic rings. The normalized spacial score (nSPS) is 12.8. The van der Waals surface area contributed by atoms with Crippen molar-refractivity contribution < 1.29 is 29.0 Å². The number of ether oxygens (including phenoxy) is 1. The lowest BCUT2D eigenvalue weighted by Crippen LogP contribution is -2.43. The van der Waals surface area contributed by atoms with E-state index in [0.29, 0.717) is 17.0 Å². The van der Waals surface area contributed by atoms with Crippen LogP contribution in [0.3, 0.4) is 0 Å². The van der Waals surface area contributed by atoms with Gasteiger partial charge in [0.1, 0.15) is 12.3 Å². The summed E-state index contributed by atoms with van der Waals surface area (Å²) in [6.07, 6.45) is 0. The SMILES string of the molecule is CC(=O)c1cccc(NC(=O)CN2C(=O)COc3ccc(C(=O)O)cc32)c1. The van der Waals surface area contributed by atoms with E-state index in [1.165, 1.54) is 36.1 Å². The summed E-state index contributed by atoms with van der Waals surface area (Å²) in [6, 6.07) is 10.5. The fourth-order valence-electron chi connectivity index (χ4n) is 2.67. The van der Waals surface area contributed by atoms with Gasteiger partial charge in [0.25, 0.3) is 5.91 Å². The van der Waals surface area contributed by atoms with Gasteiger partial charge in [-0.3, -0.25) is 19.3 Å². The minimum atomic E-state index is -1.15. The first-order valence-corrected chi connectivity index (χ1v) is 8.06. The lowest BCUT2D eigenvalue weighted by atomic mass is 10.1. The number of benzene rings is 2. The molecule has 8 heteroatoms. The van der Waals surface area contributed by atoms with Crippen molar-refractivity contribution in [2.45, 2.75) is 6.92 Å². The van der Waals surface area contributed by atoms with Crippen LogP contribution in [-0.2, 0) is 9.59 Å². The van der Waals surface area contributed by atoms with Crippen molar-refractivity contribution in [1.82, 2.24) is 0 Å². The number of Topliss-reactive ketones (excluding diaryl/α,β-unsaturated/α-hetero) is 1. The van der Waals surface area contributed by atoms with E-state index >= 15 is 0 Å². The Morgan fingerprint density at radius 3 is 2.63 bits per heavy atom. The Balaban J connectivity index is 1.81. The average Bonchev–Trinajstić information content (AvgIpc) is 2.63. The van der Waals surface area contributed by atoms with E-state index in [2.05, 4.69) is 5.32 Å². The van der Waals surface area contributed by atoms with Gasteiger partial charge in [-0.15, -0.1) is 0 Å². The van der Waals surface area contributed by atoms with Gasteiger partial charge in [-0.2, -0.15) is 0 Å². The number of carbonyl (C=O) groups is 4. The fraction of sp³-hybridized carbons (Fsp3) is 0.158. The standard InChI is InChI=1S/C19H16N2O6/c1-11(22)12-3-2-4-14(7-12)20-17(23)9-21-15-8-13(19(25)26)5-6-16(15)27-10-18(21)24/h2-8H,9-10H2,1H3,(H,20,23)(H,25,26). The van der Waals surface area contributed by atoms with Crippen LogP contribution in [0.25, 0.3) is 0 Å². The quantitative estimate of drug-likeness (QED) is 0.780. The van der Waals surface area contributed by atoms with E-state index in [-0.39, 0.29) is 30.2 Å². The molecule has 1 heterocycles. The summed E-state index contributed by atoms with van der Waals surface area (Å²) in [6.45, 7) is 0.861. The molecule has 27 heavy (non-hydrogen) atoms. The van der Waals surface area contributed by atoms with Crippen molar-refractivity contribution >= 4 is 34.9 Å². The summed E-state index contributed by atoms with van der Waals surface area (Å²) < 4.78 is 5.29. The number of ketones is 1. The van der Waals surface area contributed by atoms with Gasteiger partial charge < -0.3 is 15.2 Å². The van der Waals surface area contributed by atoms with Crippen LogP contribution in [0.4, 0.5) is 11.4 Å². The first-order chi connectivity index (χ1) is 12.8. The van der Waals surface area contributed by atoms with Gasteiger partial charge in [0.05, 0.1) is 11.3 Å². The third-order valence-electron chi connectivity index (χ3n) is 4.00. The highest BCUT2D eigenvalue weighted by Gasteiger charge is 2.28. The Labute approximate surface area is 154 Å². The number of carboxylic acids is 1. The molecule has 2 N–H and O–H groups in total. The number of carbonyl (C=O) groups excluding carboxylic acids is 3. The first kappa shape index (κ1) is 18.1. The van der Waals surface area contributed by atoms with Crippen LogP contribution in [0.1, 0.15) is 27.6 Å². The van der Waals surface area contributed by atoms with Gasteiger partial charge in [0, 0.05) is 11.3 Å². The molecule has 2 aromatic carbocycles. The molecule has 0 atom stereocenters. The van der Waals surface area contributed by atoms with Gasteiger partial charge in [-0.1, -0.05) is 12.1 Å². The topological polar surface area (TPSA) is 113 Å². The van der Waals surface area contributed by atoms with E-state index in [1.54, 1.807) is 18.2 Å². The second-order valence-electron chi connectivity index (χ2n) is 5.94. The highest BCUT2D eigenvalue weighted by atomic mass is 16.5. The smallest absolute Gasteiger partial charge is 0.335 e. The molecular weight excluding hydrogens is 352 g/mol. The Hall–Kier alpha value is -3.68. The van der Waals surface area contributed by atoms with E-state index in [0.717, 1.165) is 0 Å². The second kappa shape index (κ2) is 7.28. The van der Waals surface area contributed by atoms with Crippen LogP contribution >= 0.6 is 0 Å². The maximum Gasteiger partial charge on any atom is 0.335 e. The third-order valence-corrected chi connectivity index (χ3v) is 4.00. The minimum absolute atomic E-state index is 0.0217. The van der Waals surface area contributed by atoms with E-state index < -0.39 is 17.8 Å². The number of rotatable bonds is 5. The number of amides is 2. The second-order valence-corrected chi connectivity index (χ2v) is 5.94. The molecule has 0 aliphatic carbocycles. The first-order valence-electron chi connectivity index (χ1n) is 8.06. The molecule has 0 aromatic heterocycles. The largest absolute Gasteiger partial charge is 0.482 e. The van der Waals surface area contributed by atoms with Crippen LogP contribution in [0.5, 0.6) is 5.75 Å². The predicted molar refractivity (Wildman–Crippen MR) is 96.3 cm³/mol. The van der Waals surface area contributed by atoms with Gasteiger partial charge in [0.2, 0.25) is 5.91 Å². The third kappa shape index (κ3) is 3.95. The predicted octanol–water partition coefficient (Wildman–Crippen LogP) is 1.95. The molecule has 3 rings (SSSR count). The number of hydrogen-bond acceptors (Lipinski definition) is 5. The molecule has 1 aliphatic heterocycles. The summed E-state index contributed by atoms with van der Waals surface area (Å²) in [5, 5.41) is 11.8. The van der Waals surface area contributed by atoms with E-state index in [4.69, 9.17) is 9.84 Å². The van der Waals surface area contributed by atoms with Crippen LogP contribution in [0, 0.1) is 0 Å². The van der Waals surface area contributed by atoms with E-state index in [9.17, 15) is 19.2 Å². The monoisotopic (exact) mass is 368 g/mol. The van der Waals surface area contributed by atoms with E-state index in [1.807, 2.05) is 0 Å². The lowest BCUT2D eigenvalue weighted by molar-refractivity contribution is -0.123. The molecule has 0 saturated carbocycles. The zero-order valence-electron chi connectivity index (χ0n) is 14.4. The van der Waals surface area contributed by atoms with Gasteiger partial charge in [0.15, 0.2) is 12.4 Å². The Bertz CT molecular complexity index is 953. The number of hydrogen-bond donors (Lipinski definition) is 2. The maximum absolute atomic E-state index is 12.4.